The van der Waals surface area contributed by atoms with Gasteiger partial charge in [-0.15, -0.1) is 0 Å². The van der Waals surface area contributed by atoms with E-state index in [4.69, 9.17) is 14.6 Å². The van der Waals surface area contributed by atoms with Crippen LogP contribution < -0.4 is 9.47 Å². The first-order valence-corrected chi connectivity index (χ1v) is 11.8. The van der Waals surface area contributed by atoms with Gasteiger partial charge in [0.2, 0.25) is 0 Å². The molecule has 5 nitrogen and oxygen atoms in total. The zero-order valence-corrected chi connectivity index (χ0v) is 19.4. The zero-order chi connectivity index (χ0) is 22.9. The number of nitrogens with zero attached hydrogens (tertiary/aromatic N) is 3. The molecule has 33 heavy (non-hydrogen) atoms. The molecule has 0 radical (unpaired) electrons. The summed E-state index contributed by atoms with van der Waals surface area (Å²) in [6, 6.07) is 24.3. The number of benzene rings is 2. The summed E-state index contributed by atoms with van der Waals surface area (Å²) in [5.74, 6) is 2.55. The molecule has 0 spiro atoms. The Hall–Kier alpha value is -3.60. The van der Waals surface area contributed by atoms with E-state index in [1.54, 1.807) is 6.20 Å². The van der Waals surface area contributed by atoms with E-state index in [1.807, 2.05) is 47.1 Å². The SMILES string of the molecule is CCCCOc1ccc(-c2cc(-c3ccc(OCCCC)cc3)n(-c3ccccn3)n2)cc1. The predicted octanol–water partition coefficient (Wildman–Crippen LogP) is 6.96. The summed E-state index contributed by atoms with van der Waals surface area (Å²) in [6.45, 7) is 5.81. The maximum atomic E-state index is 5.83. The Morgan fingerprint density at radius 1 is 0.727 bits per heavy atom. The summed E-state index contributed by atoms with van der Waals surface area (Å²) in [7, 11) is 0. The second kappa shape index (κ2) is 11.3. The molecule has 0 aliphatic rings. The summed E-state index contributed by atoms with van der Waals surface area (Å²) in [4.78, 5) is 4.52. The van der Waals surface area contributed by atoms with E-state index in [0.717, 1.165) is 78.7 Å². The normalized spacial score (nSPS) is 10.8. The first kappa shape index (κ1) is 22.6. The molecule has 0 saturated heterocycles. The van der Waals surface area contributed by atoms with Crippen molar-refractivity contribution in [2.24, 2.45) is 0 Å². The molecule has 0 unspecified atom stereocenters. The van der Waals surface area contributed by atoms with Crippen LogP contribution in [-0.4, -0.2) is 28.0 Å². The first-order valence-electron chi connectivity index (χ1n) is 11.8. The van der Waals surface area contributed by atoms with Crippen molar-refractivity contribution in [1.29, 1.82) is 0 Å². The van der Waals surface area contributed by atoms with E-state index >= 15 is 0 Å². The minimum absolute atomic E-state index is 0.740. The molecule has 4 aromatic rings. The van der Waals surface area contributed by atoms with Crippen LogP contribution in [0.15, 0.2) is 79.0 Å². The Bertz CT molecular complexity index is 1120. The summed E-state index contributed by atoms with van der Waals surface area (Å²) in [5, 5.41) is 4.90. The van der Waals surface area contributed by atoms with Gasteiger partial charge in [-0.2, -0.15) is 5.10 Å². The van der Waals surface area contributed by atoms with Crippen molar-refractivity contribution in [1.82, 2.24) is 14.8 Å². The second-order valence-corrected chi connectivity index (χ2v) is 7.97. The highest BCUT2D eigenvalue weighted by Gasteiger charge is 2.14. The summed E-state index contributed by atoms with van der Waals surface area (Å²) >= 11 is 0. The molecule has 4 rings (SSSR count). The van der Waals surface area contributed by atoms with Crippen molar-refractivity contribution < 1.29 is 9.47 Å². The maximum Gasteiger partial charge on any atom is 0.153 e. The van der Waals surface area contributed by atoms with Crippen molar-refractivity contribution in [3.05, 3.63) is 79.0 Å². The minimum Gasteiger partial charge on any atom is -0.494 e. The third-order valence-corrected chi connectivity index (χ3v) is 5.41. The van der Waals surface area contributed by atoms with Gasteiger partial charge < -0.3 is 9.47 Å². The molecule has 2 aromatic heterocycles. The molecule has 0 N–H and O–H groups in total. The fourth-order valence-corrected chi connectivity index (χ4v) is 3.49. The molecule has 0 aliphatic heterocycles. The highest BCUT2D eigenvalue weighted by molar-refractivity contribution is 5.70. The summed E-state index contributed by atoms with van der Waals surface area (Å²) in [6.07, 6.45) is 6.14. The largest absolute Gasteiger partial charge is 0.494 e. The van der Waals surface area contributed by atoms with Gasteiger partial charge in [-0.3, -0.25) is 0 Å². The molecule has 0 fully saturated rings. The number of ether oxygens (including phenoxy) is 2. The number of hydrogen-bond donors (Lipinski definition) is 0. The topological polar surface area (TPSA) is 49.2 Å². The van der Waals surface area contributed by atoms with E-state index in [1.165, 1.54) is 0 Å². The molecule has 0 bridgehead atoms. The van der Waals surface area contributed by atoms with Gasteiger partial charge in [0.1, 0.15) is 11.5 Å². The molecular weight excluding hydrogens is 410 g/mol. The van der Waals surface area contributed by atoms with Crippen molar-refractivity contribution in [2.75, 3.05) is 13.2 Å². The quantitative estimate of drug-likeness (QED) is 0.236. The molecule has 2 heterocycles. The number of rotatable bonds is 11. The van der Waals surface area contributed by atoms with Gasteiger partial charge in [0.05, 0.1) is 24.6 Å². The van der Waals surface area contributed by atoms with Crippen LogP contribution in [0.3, 0.4) is 0 Å². The van der Waals surface area contributed by atoms with E-state index < -0.39 is 0 Å². The third-order valence-electron chi connectivity index (χ3n) is 5.41. The van der Waals surface area contributed by atoms with Crippen LogP contribution >= 0.6 is 0 Å². The van der Waals surface area contributed by atoms with E-state index in [-0.39, 0.29) is 0 Å². The van der Waals surface area contributed by atoms with Gasteiger partial charge in [-0.25, -0.2) is 9.67 Å². The lowest BCUT2D eigenvalue weighted by molar-refractivity contribution is 0.309. The molecule has 2 aromatic carbocycles. The second-order valence-electron chi connectivity index (χ2n) is 7.97. The zero-order valence-electron chi connectivity index (χ0n) is 19.4. The lowest BCUT2D eigenvalue weighted by Crippen LogP contribution is -2.01. The van der Waals surface area contributed by atoms with Crippen molar-refractivity contribution in [3.8, 4) is 39.8 Å². The van der Waals surface area contributed by atoms with Crippen LogP contribution in [0.1, 0.15) is 39.5 Å². The fraction of sp³-hybridized carbons (Fsp3) is 0.286. The lowest BCUT2D eigenvalue weighted by Gasteiger charge is -2.08. The maximum absolute atomic E-state index is 5.83. The Balaban J connectivity index is 1.63. The first-order chi connectivity index (χ1) is 16.3. The van der Waals surface area contributed by atoms with Gasteiger partial charge in [-0.05, 0) is 79.6 Å². The monoisotopic (exact) mass is 441 g/mol. The highest BCUT2D eigenvalue weighted by atomic mass is 16.5. The Morgan fingerprint density at radius 2 is 1.33 bits per heavy atom. The molecule has 170 valence electrons. The van der Waals surface area contributed by atoms with Crippen molar-refractivity contribution in [3.63, 3.8) is 0 Å². The van der Waals surface area contributed by atoms with E-state index in [2.05, 4.69) is 49.2 Å². The number of hydrogen-bond acceptors (Lipinski definition) is 4. The fourth-order valence-electron chi connectivity index (χ4n) is 3.49. The average Bonchev–Trinajstić information content (AvgIpc) is 3.31. The van der Waals surface area contributed by atoms with Gasteiger partial charge in [0.15, 0.2) is 5.82 Å². The van der Waals surface area contributed by atoms with Gasteiger partial charge in [-0.1, -0.05) is 32.8 Å². The van der Waals surface area contributed by atoms with Crippen LogP contribution in [0.25, 0.3) is 28.3 Å². The van der Waals surface area contributed by atoms with Crippen molar-refractivity contribution >= 4 is 0 Å². The van der Waals surface area contributed by atoms with Gasteiger partial charge in [0.25, 0.3) is 0 Å². The number of unbranched alkanes of at least 4 members (excludes halogenated alkanes) is 2. The van der Waals surface area contributed by atoms with Crippen LogP contribution in [0.2, 0.25) is 0 Å². The Kier molecular flexibility index (Phi) is 7.75. The average molecular weight is 442 g/mol. The summed E-state index contributed by atoms with van der Waals surface area (Å²) < 4.78 is 13.5. The molecule has 0 aliphatic carbocycles. The molecule has 5 heteroatoms. The minimum atomic E-state index is 0.740. The van der Waals surface area contributed by atoms with Crippen LogP contribution in [0.5, 0.6) is 11.5 Å². The number of aromatic nitrogens is 3. The van der Waals surface area contributed by atoms with E-state index in [9.17, 15) is 0 Å². The predicted molar refractivity (Wildman–Crippen MR) is 133 cm³/mol. The molecule has 0 atom stereocenters. The standard InChI is InChI=1S/C28H31N3O2/c1-3-5-19-32-24-14-10-22(11-15-24)26-21-27(31(30-26)28-9-7-8-18-29-28)23-12-16-25(17-13-23)33-20-6-4-2/h7-18,21H,3-6,19-20H2,1-2H3. The lowest BCUT2D eigenvalue weighted by atomic mass is 10.1. The van der Waals surface area contributed by atoms with Crippen LogP contribution in [0, 0.1) is 0 Å². The molecule has 0 amide bonds. The smallest absolute Gasteiger partial charge is 0.153 e. The summed E-state index contributed by atoms with van der Waals surface area (Å²) in [5.41, 5.74) is 3.96. The van der Waals surface area contributed by atoms with Crippen molar-refractivity contribution in [2.45, 2.75) is 39.5 Å². The Labute approximate surface area is 196 Å². The molecular formula is C28H31N3O2. The Morgan fingerprint density at radius 3 is 1.88 bits per heavy atom. The number of pyridine rings is 1. The third kappa shape index (κ3) is 5.80. The van der Waals surface area contributed by atoms with E-state index in [0.29, 0.717) is 0 Å². The van der Waals surface area contributed by atoms with Crippen LogP contribution in [-0.2, 0) is 0 Å². The van der Waals surface area contributed by atoms with Gasteiger partial charge >= 0.3 is 0 Å². The van der Waals surface area contributed by atoms with Gasteiger partial charge in [0, 0.05) is 17.3 Å². The van der Waals surface area contributed by atoms with Crippen LogP contribution in [0.4, 0.5) is 0 Å². The highest BCUT2D eigenvalue weighted by Crippen LogP contribution is 2.30. The molecule has 0 saturated carbocycles.